The fraction of sp³-hybridized carbons (Fsp3) is 0.500. The van der Waals surface area contributed by atoms with Gasteiger partial charge in [-0.3, -0.25) is 4.79 Å². The van der Waals surface area contributed by atoms with Gasteiger partial charge in [0.05, 0.1) is 5.41 Å². The van der Waals surface area contributed by atoms with Crippen molar-refractivity contribution in [1.82, 2.24) is 0 Å². The highest BCUT2D eigenvalue weighted by atomic mass is 16.4. The van der Waals surface area contributed by atoms with Gasteiger partial charge in [0.2, 0.25) is 0 Å². The van der Waals surface area contributed by atoms with Gasteiger partial charge < -0.3 is 5.11 Å². The Hall–Kier alpha value is -1.57. The maximum atomic E-state index is 12.0. The number of hydrogen-bond donors (Lipinski definition) is 1. The molecule has 1 fully saturated rings. The Bertz CT molecular complexity index is 446. The van der Waals surface area contributed by atoms with Crippen LogP contribution >= 0.6 is 0 Å². The lowest BCUT2D eigenvalue weighted by atomic mass is 9.69. The van der Waals surface area contributed by atoms with E-state index in [1.165, 1.54) is 32.1 Å². The molecule has 0 aromatic heterocycles. The zero-order valence-electron chi connectivity index (χ0n) is 12.1. The fourth-order valence-corrected chi connectivity index (χ4v) is 3.50. The van der Waals surface area contributed by atoms with Gasteiger partial charge in [0, 0.05) is 0 Å². The van der Waals surface area contributed by atoms with Crippen molar-refractivity contribution >= 4 is 5.97 Å². The summed E-state index contributed by atoms with van der Waals surface area (Å²) in [6.45, 7) is 3.78. The lowest BCUT2D eigenvalue weighted by Crippen LogP contribution is -2.38. The molecule has 0 saturated heterocycles. The first kappa shape index (κ1) is 14.8. The summed E-state index contributed by atoms with van der Waals surface area (Å²) in [6.07, 6.45) is 9.10. The van der Waals surface area contributed by atoms with Crippen LogP contribution in [0, 0.1) is 5.92 Å². The van der Waals surface area contributed by atoms with Gasteiger partial charge in [-0.1, -0.05) is 68.5 Å². The van der Waals surface area contributed by atoms with Crippen LogP contribution in [-0.2, 0) is 10.2 Å². The third kappa shape index (κ3) is 3.12. The molecule has 1 aliphatic rings. The summed E-state index contributed by atoms with van der Waals surface area (Å²) >= 11 is 0. The lowest BCUT2D eigenvalue weighted by Gasteiger charge is -2.34. The van der Waals surface area contributed by atoms with E-state index >= 15 is 0 Å². The lowest BCUT2D eigenvalue weighted by molar-refractivity contribution is -0.144. The molecule has 1 aromatic rings. The summed E-state index contributed by atoms with van der Waals surface area (Å²) in [4.78, 5) is 12.0. The third-order valence-corrected chi connectivity index (χ3v) is 4.59. The summed E-state index contributed by atoms with van der Waals surface area (Å²) in [6, 6.07) is 9.68. The van der Waals surface area contributed by atoms with Crippen LogP contribution in [0.1, 0.15) is 50.5 Å². The average molecular weight is 272 g/mol. The Kier molecular flexibility index (Phi) is 4.99. The monoisotopic (exact) mass is 272 g/mol. The maximum absolute atomic E-state index is 12.0. The molecule has 0 radical (unpaired) electrons. The first-order valence-electron chi connectivity index (χ1n) is 7.59. The van der Waals surface area contributed by atoms with Crippen LogP contribution < -0.4 is 0 Å². The van der Waals surface area contributed by atoms with Gasteiger partial charge in [-0.2, -0.15) is 0 Å². The first-order chi connectivity index (χ1) is 9.69. The molecule has 2 nitrogen and oxygen atoms in total. The number of carbonyl (C=O) groups is 1. The van der Waals surface area contributed by atoms with Crippen LogP contribution in [0.15, 0.2) is 43.0 Å². The van der Waals surface area contributed by atoms with Gasteiger partial charge >= 0.3 is 5.97 Å². The second kappa shape index (κ2) is 6.74. The number of carboxylic acids is 1. The normalized spacial score (nSPS) is 19.2. The van der Waals surface area contributed by atoms with Crippen LogP contribution in [0.3, 0.4) is 0 Å². The van der Waals surface area contributed by atoms with E-state index in [0.29, 0.717) is 12.3 Å². The molecule has 2 heteroatoms. The molecule has 0 amide bonds. The van der Waals surface area contributed by atoms with E-state index in [0.717, 1.165) is 12.0 Å². The van der Waals surface area contributed by atoms with E-state index in [2.05, 4.69) is 6.58 Å². The Morgan fingerprint density at radius 3 is 2.45 bits per heavy atom. The van der Waals surface area contributed by atoms with Crippen molar-refractivity contribution in [3.05, 3.63) is 48.6 Å². The van der Waals surface area contributed by atoms with Crippen LogP contribution in [-0.4, -0.2) is 11.1 Å². The number of carboxylic acid groups (broad SMARTS) is 1. The molecule has 108 valence electrons. The van der Waals surface area contributed by atoms with Crippen molar-refractivity contribution in [3.63, 3.8) is 0 Å². The topological polar surface area (TPSA) is 37.3 Å². The number of aliphatic carboxylic acids is 1. The second-order valence-corrected chi connectivity index (χ2v) is 5.95. The van der Waals surface area contributed by atoms with E-state index in [-0.39, 0.29) is 0 Å². The number of allylic oxidation sites excluding steroid dienone is 1. The Labute approximate surface area is 121 Å². The molecular weight excluding hydrogens is 248 g/mol. The molecular formula is C18H24O2. The molecule has 0 heterocycles. The van der Waals surface area contributed by atoms with E-state index in [1.54, 1.807) is 6.08 Å². The van der Waals surface area contributed by atoms with Crippen LogP contribution in [0.25, 0.3) is 0 Å². The molecule has 0 unspecified atom stereocenters. The molecule has 0 aliphatic heterocycles. The van der Waals surface area contributed by atoms with Gasteiger partial charge in [-0.15, -0.1) is 6.58 Å². The Balaban J connectivity index is 2.31. The third-order valence-electron chi connectivity index (χ3n) is 4.59. The quantitative estimate of drug-likeness (QED) is 0.771. The van der Waals surface area contributed by atoms with Crippen molar-refractivity contribution in [2.24, 2.45) is 5.92 Å². The predicted octanol–water partition coefficient (Wildman–Crippen LogP) is 4.56. The molecule has 1 saturated carbocycles. The Morgan fingerprint density at radius 2 is 1.90 bits per heavy atom. The van der Waals surface area contributed by atoms with Gasteiger partial charge in [-0.05, 0) is 24.3 Å². The summed E-state index contributed by atoms with van der Waals surface area (Å²) in [5, 5.41) is 9.89. The highest BCUT2D eigenvalue weighted by Crippen LogP contribution is 2.40. The van der Waals surface area contributed by atoms with Gasteiger partial charge in [0.25, 0.3) is 0 Å². The van der Waals surface area contributed by atoms with E-state index in [4.69, 9.17) is 0 Å². The van der Waals surface area contributed by atoms with Crippen molar-refractivity contribution < 1.29 is 9.90 Å². The largest absolute Gasteiger partial charge is 0.481 e. The minimum absolute atomic E-state index is 0.503. The molecule has 20 heavy (non-hydrogen) atoms. The first-order valence-corrected chi connectivity index (χ1v) is 7.59. The summed E-state index contributed by atoms with van der Waals surface area (Å²) in [5.74, 6) is -0.186. The minimum Gasteiger partial charge on any atom is -0.481 e. The van der Waals surface area contributed by atoms with Crippen molar-refractivity contribution in [2.75, 3.05) is 0 Å². The predicted molar refractivity (Wildman–Crippen MR) is 81.8 cm³/mol. The van der Waals surface area contributed by atoms with E-state index in [9.17, 15) is 9.90 Å². The zero-order valence-corrected chi connectivity index (χ0v) is 12.1. The van der Waals surface area contributed by atoms with Crippen molar-refractivity contribution in [3.8, 4) is 0 Å². The molecule has 1 atom stereocenters. The van der Waals surface area contributed by atoms with Crippen LogP contribution in [0.2, 0.25) is 0 Å². The van der Waals surface area contributed by atoms with E-state index in [1.807, 2.05) is 30.3 Å². The summed E-state index contributed by atoms with van der Waals surface area (Å²) in [7, 11) is 0. The highest BCUT2D eigenvalue weighted by molar-refractivity contribution is 5.81. The smallest absolute Gasteiger partial charge is 0.314 e. The average Bonchev–Trinajstić information content (AvgIpc) is 2.48. The van der Waals surface area contributed by atoms with Gasteiger partial charge in [0.15, 0.2) is 0 Å². The zero-order chi connectivity index (χ0) is 14.4. The van der Waals surface area contributed by atoms with Crippen molar-refractivity contribution in [2.45, 2.75) is 50.4 Å². The number of rotatable bonds is 6. The molecule has 0 bridgehead atoms. The number of benzene rings is 1. The summed E-state index contributed by atoms with van der Waals surface area (Å²) in [5.41, 5.74) is 0.114. The molecule has 1 aromatic carbocycles. The molecule has 1 aliphatic carbocycles. The fourth-order valence-electron chi connectivity index (χ4n) is 3.50. The molecule has 2 rings (SSSR count). The van der Waals surface area contributed by atoms with E-state index < -0.39 is 11.4 Å². The second-order valence-electron chi connectivity index (χ2n) is 5.95. The highest BCUT2D eigenvalue weighted by Gasteiger charge is 2.41. The van der Waals surface area contributed by atoms with Crippen molar-refractivity contribution in [1.29, 1.82) is 0 Å². The van der Waals surface area contributed by atoms with Gasteiger partial charge in [0.1, 0.15) is 0 Å². The molecule has 1 N–H and O–H groups in total. The maximum Gasteiger partial charge on any atom is 0.314 e. The molecule has 0 spiro atoms. The Morgan fingerprint density at radius 1 is 1.25 bits per heavy atom. The van der Waals surface area contributed by atoms with Crippen LogP contribution in [0.5, 0.6) is 0 Å². The summed E-state index contributed by atoms with van der Waals surface area (Å²) < 4.78 is 0. The minimum atomic E-state index is -0.801. The van der Waals surface area contributed by atoms with Gasteiger partial charge in [-0.25, -0.2) is 0 Å². The van der Waals surface area contributed by atoms with Crippen LogP contribution in [0.4, 0.5) is 0 Å². The SMILES string of the molecule is C=CC[C@](CC1CCCCC1)(C(=O)O)c1ccccc1. The standard InChI is InChI=1S/C18H24O2/c1-2-13-18(17(19)20,16-11-7-4-8-12-16)14-15-9-5-3-6-10-15/h2,4,7-8,11-12,15H,1,3,5-6,9-10,13-14H2,(H,19,20)/t18-/m1/s1. The number of hydrogen-bond acceptors (Lipinski definition) is 1.